The molecule has 0 unspecified atom stereocenters. The summed E-state index contributed by atoms with van der Waals surface area (Å²) in [5, 5.41) is 14.6. The molecule has 0 N–H and O–H groups in total. The number of carbonyl (C=O) groups is 1. The molecule has 0 atom stereocenters. The van der Waals surface area contributed by atoms with Crippen LogP contribution in [-0.2, 0) is 13.1 Å². The molecule has 0 saturated heterocycles. The molecule has 1 aromatic carbocycles. The summed E-state index contributed by atoms with van der Waals surface area (Å²) in [6.45, 7) is 6.90. The van der Waals surface area contributed by atoms with E-state index in [0.717, 1.165) is 23.5 Å². The highest BCUT2D eigenvalue weighted by atomic mass is 32.1. The molecule has 0 fully saturated rings. The Kier molecular flexibility index (Phi) is 4.92. The van der Waals surface area contributed by atoms with Crippen LogP contribution in [0.3, 0.4) is 0 Å². The van der Waals surface area contributed by atoms with Crippen LogP contribution >= 0.6 is 11.3 Å². The Labute approximate surface area is 167 Å². The van der Waals surface area contributed by atoms with Gasteiger partial charge in [0.05, 0.1) is 6.54 Å². The Balaban J connectivity index is 1.52. The lowest BCUT2D eigenvalue weighted by Crippen LogP contribution is -2.14. The maximum Gasteiger partial charge on any atom is 0.204 e. The average Bonchev–Trinajstić information content (AvgIpc) is 3.40. The second-order valence-corrected chi connectivity index (χ2v) is 7.92. The van der Waals surface area contributed by atoms with E-state index in [1.807, 2.05) is 57.2 Å². The number of thiophene rings is 1. The largest absolute Gasteiger partial charge is 0.343 e. The van der Waals surface area contributed by atoms with Gasteiger partial charge in [-0.25, -0.2) is 0 Å². The summed E-state index contributed by atoms with van der Waals surface area (Å²) in [4.78, 5) is 15.5. The third-order valence-corrected chi connectivity index (χ3v) is 5.68. The number of Topliss-reactive ketones (excluding diaryl/α,β-unsaturated/α-hetero) is 1. The Bertz CT molecular complexity index is 1110. The molecule has 0 spiro atoms. The number of carbonyl (C=O) groups excluding carboxylic acids is 1. The first-order valence-electron chi connectivity index (χ1n) is 9.08. The summed E-state index contributed by atoms with van der Waals surface area (Å²) >= 11 is 1.72. The number of hydrogen-bond acceptors (Lipinski definition) is 5. The first kappa shape index (κ1) is 18.3. The van der Waals surface area contributed by atoms with Gasteiger partial charge in [0.25, 0.3) is 0 Å². The summed E-state index contributed by atoms with van der Waals surface area (Å²) < 4.78 is 2.17. The fraction of sp³-hybridized carbons (Fsp3) is 0.238. The van der Waals surface area contributed by atoms with Crippen molar-refractivity contribution in [1.82, 2.24) is 24.8 Å². The van der Waals surface area contributed by atoms with Crippen LogP contribution in [0.25, 0.3) is 11.4 Å². The Morgan fingerprint density at radius 3 is 2.61 bits per heavy atom. The zero-order chi connectivity index (χ0) is 19.7. The summed E-state index contributed by atoms with van der Waals surface area (Å²) in [6.07, 6.45) is 0. The Hall–Kier alpha value is -3.06. The van der Waals surface area contributed by atoms with Crippen molar-refractivity contribution in [3.8, 4) is 11.4 Å². The van der Waals surface area contributed by atoms with Crippen molar-refractivity contribution in [2.45, 2.75) is 33.9 Å². The van der Waals surface area contributed by atoms with E-state index in [9.17, 15) is 4.79 Å². The van der Waals surface area contributed by atoms with Crippen molar-refractivity contribution >= 4 is 17.1 Å². The molecule has 0 amide bonds. The highest BCUT2D eigenvalue weighted by molar-refractivity contribution is 7.09. The lowest BCUT2D eigenvalue weighted by atomic mass is 10.1. The van der Waals surface area contributed by atoms with Crippen LogP contribution in [0.1, 0.15) is 32.2 Å². The van der Waals surface area contributed by atoms with Gasteiger partial charge < -0.3 is 4.57 Å². The van der Waals surface area contributed by atoms with E-state index in [2.05, 4.69) is 31.4 Å². The number of aryl methyl sites for hydroxylation is 2. The minimum absolute atomic E-state index is 0.0154. The zero-order valence-corrected chi connectivity index (χ0v) is 16.9. The standard InChI is InChI=1S/C21H21N5OS/c1-14-6-8-17(9-7-14)21-22-24-26(23-21)13-20(27)19-11-15(2)25(16(19)3)12-18-5-4-10-28-18/h4-11H,12-13H2,1-3H3. The van der Waals surface area contributed by atoms with Gasteiger partial charge in [-0.1, -0.05) is 35.9 Å². The molecular formula is C21H21N5OS. The second kappa shape index (κ2) is 7.52. The van der Waals surface area contributed by atoms with Gasteiger partial charge in [0.2, 0.25) is 5.82 Å². The van der Waals surface area contributed by atoms with Crippen molar-refractivity contribution in [2.75, 3.05) is 0 Å². The fourth-order valence-corrected chi connectivity index (χ4v) is 3.92. The van der Waals surface area contributed by atoms with Gasteiger partial charge in [-0.15, -0.1) is 21.5 Å². The number of tetrazole rings is 1. The fourth-order valence-electron chi connectivity index (χ4n) is 3.23. The maximum atomic E-state index is 12.9. The third kappa shape index (κ3) is 3.66. The van der Waals surface area contributed by atoms with E-state index >= 15 is 0 Å². The van der Waals surface area contributed by atoms with E-state index in [0.29, 0.717) is 11.4 Å². The molecule has 0 saturated carbocycles. The van der Waals surface area contributed by atoms with Gasteiger partial charge >= 0.3 is 0 Å². The lowest BCUT2D eigenvalue weighted by Gasteiger charge is -2.08. The van der Waals surface area contributed by atoms with Gasteiger partial charge in [-0.2, -0.15) is 4.80 Å². The number of aromatic nitrogens is 5. The van der Waals surface area contributed by atoms with Gasteiger partial charge in [0.15, 0.2) is 5.78 Å². The summed E-state index contributed by atoms with van der Waals surface area (Å²) in [5.41, 5.74) is 4.81. The maximum absolute atomic E-state index is 12.9. The first-order chi connectivity index (χ1) is 13.5. The quantitative estimate of drug-likeness (QED) is 0.465. The number of nitrogens with zero attached hydrogens (tertiary/aromatic N) is 5. The lowest BCUT2D eigenvalue weighted by molar-refractivity contribution is 0.0960. The summed E-state index contributed by atoms with van der Waals surface area (Å²) in [7, 11) is 0. The Morgan fingerprint density at radius 1 is 1.11 bits per heavy atom. The van der Waals surface area contributed by atoms with Crippen LogP contribution in [-0.4, -0.2) is 30.6 Å². The predicted octanol–water partition coefficient (Wildman–Crippen LogP) is 4.06. The van der Waals surface area contributed by atoms with Crippen molar-refractivity contribution in [2.24, 2.45) is 0 Å². The zero-order valence-electron chi connectivity index (χ0n) is 16.1. The monoisotopic (exact) mass is 391 g/mol. The normalized spacial score (nSPS) is 11.1. The molecule has 4 rings (SSSR count). The molecule has 0 aliphatic heterocycles. The summed E-state index contributed by atoms with van der Waals surface area (Å²) in [6, 6.07) is 14.0. The van der Waals surface area contributed by atoms with Crippen LogP contribution in [0.4, 0.5) is 0 Å². The van der Waals surface area contributed by atoms with E-state index in [1.54, 1.807) is 11.3 Å². The van der Waals surface area contributed by atoms with Crippen LogP contribution in [0, 0.1) is 20.8 Å². The number of ketones is 1. The molecule has 3 aromatic heterocycles. The van der Waals surface area contributed by atoms with E-state index in [4.69, 9.17) is 0 Å². The molecule has 0 aliphatic carbocycles. The van der Waals surface area contributed by atoms with Gasteiger partial charge in [-0.3, -0.25) is 4.79 Å². The molecule has 4 aromatic rings. The average molecular weight is 392 g/mol. The van der Waals surface area contributed by atoms with Crippen LogP contribution in [0.5, 0.6) is 0 Å². The molecule has 142 valence electrons. The molecule has 0 aliphatic rings. The number of hydrogen-bond donors (Lipinski definition) is 0. The van der Waals surface area contributed by atoms with Crippen molar-refractivity contribution in [3.63, 3.8) is 0 Å². The predicted molar refractivity (Wildman–Crippen MR) is 110 cm³/mol. The molecule has 0 radical (unpaired) electrons. The van der Waals surface area contributed by atoms with Crippen molar-refractivity contribution < 1.29 is 4.79 Å². The van der Waals surface area contributed by atoms with Gasteiger partial charge in [0, 0.05) is 27.4 Å². The third-order valence-electron chi connectivity index (χ3n) is 4.82. The van der Waals surface area contributed by atoms with Crippen LogP contribution in [0.2, 0.25) is 0 Å². The molecule has 6 nitrogen and oxygen atoms in total. The van der Waals surface area contributed by atoms with Gasteiger partial charge in [0.1, 0.15) is 6.54 Å². The minimum atomic E-state index is -0.0154. The number of benzene rings is 1. The molecule has 3 heterocycles. The smallest absolute Gasteiger partial charge is 0.204 e. The summed E-state index contributed by atoms with van der Waals surface area (Å²) in [5.74, 6) is 0.509. The van der Waals surface area contributed by atoms with E-state index in [1.165, 1.54) is 15.2 Å². The van der Waals surface area contributed by atoms with Crippen LogP contribution < -0.4 is 0 Å². The Morgan fingerprint density at radius 2 is 1.89 bits per heavy atom. The SMILES string of the molecule is Cc1ccc(-c2nnn(CC(=O)c3cc(C)n(Cc4cccs4)c3C)n2)cc1. The van der Waals surface area contributed by atoms with Crippen molar-refractivity contribution in [1.29, 1.82) is 0 Å². The molecule has 0 bridgehead atoms. The second-order valence-electron chi connectivity index (χ2n) is 6.88. The molecule has 28 heavy (non-hydrogen) atoms. The number of rotatable bonds is 6. The van der Waals surface area contributed by atoms with Crippen LogP contribution in [0.15, 0.2) is 47.8 Å². The topological polar surface area (TPSA) is 65.6 Å². The van der Waals surface area contributed by atoms with Gasteiger partial charge in [-0.05, 0) is 43.5 Å². The minimum Gasteiger partial charge on any atom is -0.343 e. The molecule has 7 heteroatoms. The van der Waals surface area contributed by atoms with Crippen molar-refractivity contribution in [3.05, 3.63) is 75.2 Å². The van der Waals surface area contributed by atoms with E-state index < -0.39 is 0 Å². The highest BCUT2D eigenvalue weighted by Crippen LogP contribution is 2.20. The first-order valence-corrected chi connectivity index (χ1v) is 9.96. The molecular weight excluding hydrogens is 370 g/mol. The highest BCUT2D eigenvalue weighted by Gasteiger charge is 2.18. The van der Waals surface area contributed by atoms with E-state index in [-0.39, 0.29) is 12.3 Å².